The summed E-state index contributed by atoms with van der Waals surface area (Å²) in [4.78, 5) is 41.3. The van der Waals surface area contributed by atoms with Crippen LogP contribution in [0.2, 0.25) is 0 Å². The number of rotatable bonds is 10. The number of aromatic nitrogens is 1. The molecule has 1 aliphatic rings. The molecule has 3 aromatic rings. The molecule has 10 nitrogen and oxygen atoms in total. The van der Waals surface area contributed by atoms with E-state index in [4.69, 9.17) is 10.5 Å². The molecule has 41 heavy (non-hydrogen) atoms. The molecule has 0 spiro atoms. The molecule has 0 radical (unpaired) electrons. The Morgan fingerprint density at radius 2 is 1.88 bits per heavy atom. The second kappa shape index (κ2) is 12.5. The normalized spacial score (nSPS) is 16.6. The summed E-state index contributed by atoms with van der Waals surface area (Å²) in [6, 6.07) is 15.5. The summed E-state index contributed by atoms with van der Waals surface area (Å²) in [5.41, 5.74) is 7.22. The van der Waals surface area contributed by atoms with Gasteiger partial charge in [-0.2, -0.15) is 0 Å². The third-order valence-corrected chi connectivity index (χ3v) is 9.46. The van der Waals surface area contributed by atoms with E-state index >= 15 is 0 Å². The minimum Gasteiger partial charge on any atom is -0.448 e. The molecular weight excluding hydrogens is 564 g/mol. The summed E-state index contributed by atoms with van der Waals surface area (Å²) in [5, 5.41) is 6.61. The molecule has 0 fully saturated rings. The van der Waals surface area contributed by atoms with Crippen molar-refractivity contribution in [1.82, 2.24) is 10.3 Å². The molecule has 214 valence electrons. The van der Waals surface area contributed by atoms with Gasteiger partial charge < -0.3 is 21.1 Å². The number of sulfone groups is 1. The van der Waals surface area contributed by atoms with Crippen molar-refractivity contribution in [1.29, 1.82) is 0 Å². The summed E-state index contributed by atoms with van der Waals surface area (Å²) in [7, 11) is -3.55. The highest BCUT2D eigenvalue weighted by molar-refractivity contribution is 7.92. The van der Waals surface area contributed by atoms with Gasteiger partial charge in [-0.1, -0.05) is 54.6 Å². The predicted molar refractivity (Wildman–Crippen MR) is 157 cm³/mol. The first-order valence-corrected chi connectivity index (χ1v) is 15.2. The molecule has 1 heterocycles. The number of amides is 3. The van der Waals surface area contributed by atoms with Gasteiger partial charge in [-0.3, -0.25) is 9.59 Å². The highest BCUT2D eigenvalue weighted by Gasteiger charge is 2.36. The van der Waals surface area contributed by atoms with Crippen LogP contribution in [0.1, 0.15) is 41.9 Å². The number of nitrogens with one attached hydrogen (secondary N) is 2. The van der Waals surface area contributed by atoms with E-state index in [0.29, 0.717) is 17.2 Å². The SMILES string of the molecule is CC(C)S(=O)(=O)c1cccc(C(=O)NCC(=O)Nc2nc(C3(COC(N)=O)C=CC=C(c4ccccc4)C3)cs2)c1. The summed E-state index contributed by atoms with van der Waals surface area (Å²) in [6.45, 7) is 2.73. The minimum absolute atomic E-state index is 0.0381. The summed E-state index contributed by atoms with van der Waals surface area (Å²) >= 11 is 1.19. The molecule has 1 aromatic heterocycles. The molecule has 0 bridgehead atoms. The number of benzene rings is 2. The lowest BCUT2D eigenvalue weighted by Gasteiger charge is -2.31. The van der Waals surface area contributed by atoms with E-state index in [1.54, 1.807) is 19.2 Å². The zero-order valence-electron chi connectivity index (χ0n) is 22.5. The Bertz CT molecular complexity index is 1610. The van der Waals surface area contributed by atoms with Gasteiger partial charge in [-0.25, -0.2) is 18.2 Å². The fraction of sp³-hybridized carbons (Fsp3) is 0.241. The van der Waals surface area contributed by atoms with Gasteiger partial charge in [-0.15, -0.1) is 11.3 Å². The van der Waals surface area contributed by atoms with Crippen LogP contribution >= 0.6 is 11.3 Å². The highest BCUT2D eigenvalue weighted by atomic mass is 32.2. The average Bonchev–Trinajstić information content (AvgIpc) is 3.44. The van der Waals surface area contributed by atoms with E-state index in [-0.39, 0.29) is 23.6 Å². The third-order valence-electron chi connectivity index (χ3n) is 6.55. The van der Waals surface area contributed by atoms with Gasteiger partial charge in [-0.05, 0) is 49.6 Å². The first kappa shape index (κ1) is 29.7. The van der Waals surface area contributed by atoms with E-state index in [1.807, 2.05) is 48.6 Å². The van der Waals surface area contributed by atoms with Crippen molar-refractivity contribution in [3.05, 3.63) is 95.0 Å². The number of ether oxygens (including phenoxy) is 1. The van der Waals surface area contributed by atoms with Crippen LogP contribution in [-0.4, -0.2) is 49.7 Å². The molecule has 0 aliphatic heterocycles. The van der Waals surface area contributed by atoms with Crippen molar-refractivity contribution in [2.75, 3.05) is 18.5 Å². The smallest absolute Gasteiger partial charge is 0.404 e. The number of hydrogen-bond acceptors (Lipinski definition) is 8. The van der Waals surface area contributed by atoms with E-state index in [2.05, 4.69) is 15.6 Å². The number of carbonyl (C=O) groups excluding carboxylic acids is 3. The van der Waals surface area contributed by atoms with Gasteiger partial charge in [0.1, 0.15) is 6.61 Å². The maximum atomic E-state index is 12.6. The van der Waals surface area contributed by atoms with Crippen molar-refractivity contribution >= 4 is 49.8 Å². The standard InChI is InChI=1S/C29H30N4O6S2/c1-19(2)41(37,38)23-12-6-10-21(14-23)26(35)31-16-25(34)33-28-32-24(17-40-28)29(18-39-27(30)36)13-7-11-22(15-29)20-8-4-3-5-9-20/h3-14,17,19H,15-16,18H2,1-2H3,(H2,30,36)(H,31,35)(H,32,33,34). The van der Waals surface area contributed by atoms with Crippen molar-refractivity contribution < 1.29 is 27.5 Å². The minimum atomic E-state index is -3.55. The first-order valence-electron chi connectivity index (χ1n) is 12.7. The second-order valence-corrected chi connectivity index (χ2v) is 13.1. The van der Waals surface area contributed by atoms with E-state index in [1.165, 1.54) is 35.6 Å². The summed E-state index contributed by atoms with van der Waals surface area (Å²) in [5.74, 6) is -1.10. The van der Waals surface area contributed by atoms with E-state index < -0.39 is 38.4 Å². The number of nitrogens with two attached hydrogens (primary N) is 1. The molecule has 12 heteroatoms. The molecule has 1 unspecified atom stereocenters. The number of carbonyl (C=O) groups is 3. The van der Waals surface area contributed by atoms with Crippen LogP contribution in [0.4, 0.5) is 9.93 Å². The first-order chi connectivity index (χ1) is 19.5. The van der Waals surface area contributed by atoms with Gasteiger partial charge in [0, 0.05) is 10.9 Å². The molecule has 0 saturated carbocycles. The van der Waals surface area contributed by atoms with Crippen LogP contribution in [0.25, 0.3) is 5.57 Å². The van der Waals surface area contributed by atoms with Gasteiger partial charge in [0.25, 0.3) is 5.91 Å². The predicted octanol–water partition coefficient (Wildman–Crippen LogP) is 4.07. The zero-order chi connectivity index (χ0) is 29.6. The lowest BCUT2D eigenvalue weighted by molar-refractivity contribution is -0.115. The Morgan fingerprint density at radius 3 is 2.59 bits per heavy atom. The number of primary amides is 1. The van der Waals surface area contributed by atoms with Crippen LogP contribution in [0.15, 0.2) is 83.1 Å². The average molecular weight is 595 g/mol. The summed E-state index contributed by atoms with van der Waals surface area (Å²) < 4.78 is 30.1. The number of nitrogens with zero attached hydrogens (tertiary/aromatic N) is 1. The van der Waals surface area contributed by atoms with Crippen molar-refractivity contribution in [3.63, 3.8) is 0 Å². The maximum Gasteiger partial charge on any atom is 0.404 e. The third kappa shape index (κ3) is 7.08. The van der Waals surface area contributed by atoms with Gasteiger partial charge >= 0.3 is 6.09 Å². The number of thiazole rings is 1. The molecular formula is C29H30N4O6S2. The van der Waals surface area contributed by atoms with Crippen LogP contribution in [0, 0.1) is 0 Å². The maximum absolute atomic E-state index is 12.6. The Morgan fingerprint density at radius 1 is 1.12 bits per heavy atom. The lowest BCUT2D eigenvalue weighted by atomic mass is 9.75. The topological polar surface area (TPSA) is 158 Å². The van der Waals surface area contributed by atoms with Gasteiger partial charge in [0.2, 0.25) is 5.91 Å². The molecule has 2 aromatic carbocycles. The quantitative estimate of drug-likeness (QED) is 0.319. The second-order valence-electron chi connectivity index (χ2n) is 9.75. The molecule has 1 aliphatic carbocycles. The van der Waals surface area contributed by atoms with E-state index in [9.17, 15) is 22.8 Å². The number of hydrogen-bond donors (Lipinski definition) is 3. The Labute approximate surface area is 242 Å². The number of anilines is 1. The van der Waals surface area contributed by atoms with Crippen LogP contribution < -0.4 is 16.4 Å². The lowest BCUT2D eigenvalue weighted by Crippen LogP contribution is -2.34. The van der Waals surface area contributed by atoms with Crippen molar-refractivity contribution in [2.24, 2.45) is 5.73 Å². The fourth-order valence-electron chi connectivity index (χ4n) is 4.28. The fourth-order valence-corrected chi connectivity index (χ4v) is 6.22. The van der Waals surface area contributed by atoms with E-state index in [0.717, 1.165) is 11.1 Å². The molecule has 3 amide bonds. The van der Waals surface area contributed by atoms with Crippen molar-refractivity contribution in [2.45, 2.75) is 35.8 Å². The Hall–Kier alpha value is -4.29. The van der Waals surface area contributed by atoms with Crippen molar-refractivity contribution in [3.8, 4) is 0 Å². The Kier molecular flexibility index (Phi) is 9.04. The largest absolute Gasteiger partial charge is 0.448 e. The van der Waals surface area contributed by atoms with Gasteiger partial charge in [0.05, 0.1) is 27.8 Å². The summed E-state index contributed by atoms with van der Waals surface area (Å²) in [6.07, 6.45) is 5.35. The highest BCUT2D eigenvalue weighted by Crippen LogP contribution is 2.40. The van der Waals surface area contributed by atoms with Crippen LogP contribution in [-0.2, 0) is 24.8 Å². The van der Waals surface area contributed by atoms with Crippen LogP contribution in [0.5, 0.6) is 0 Å². The Balaban J connectivity index is 1.43. The van der Waals surface area contributed by atoms with Gasteiger partial charge in [0.15, 0.2) is 15.0 Å². The molecule has 0 saturated heterocycles. The molecule has 1 atom stereocenters. The molecule has 4 N–H and O–H groups in total. The zero-order valence-corrected chi connectivity index (χ0v) is 24.1. The number of allylic oxidation sites excluding steroid dienone is 3. The monoisotopic (exact) mass is 594 g/mol. The molecule has 4 rings (SSSR count). The van der Waals surface area contributed by atoms with Crippen LogP contribution in [0.3, 0.4) is 0 Å².